The summed E-state index contributed by atoms with van der Waals surface area (Å²) in [5, 5.41) is 0. The van der Waals surface area contributed by atoms with Crippen LogP contribution in [0.3, 0.4) is 0 Å². The van der Waals surface area contributed by atoms with Crippen molar-refractivity contribution >= 4 is 0 Å². The number of rotatable bonds is 2. The lowest BCUT2D eigenvalue weighted by Gasteiger charge is -2.26. The zero-order valence-corrected chi connectivity index (χ0v) is 8.05. The maximum atomic E-state index is 5.30. The van der Waals surface area contributed by atoms with Crippen molar-refractivity contribution in [3.63, 3.8) is 0 Å². The number of H-pyrrole nitrogens is 1. The average molecular weight is 180 g/mol. The van der Waals surface area contributed by atoms with Gasteiger partial charge in [-0.05, 0) is 18.1 Å². The predicted molar refractivity (Wildman–Crippen MR) is 51.6 cm³/mol. The molecule has 0 spiro atoms. The Balaban J connectivity index is 1.93. The third kappa shape index (κ3) is 2.11. The number of morpholine rings is 1. The van der Waals surface area contributed by atoms with Gasteiger partial charge in [0.15, 0.2) is 0 Å². The van der Waals surface area contributed by atoms with E-state index in [-0.39, 0.29) is 0 Å². The molecular formula is C10H16N2O. The molecule has 0 bridgehead atoms. The Kier molecular flexibility index (Phi) is 2.66. The van der Waals surface area contributed by atoms with Crippen LogP contribution in [0.5, 0.6) is 0 Å². The fourth-order valence-electron chi connectivity index (χ4n) is 1.64. The second-order valence-electron chi connectivity index (χ2n) is 3.55. The van der Waals surface area contributed by atoms with Gasteiger partial charge in [-0.25, -0.2) is 0 Å². The van der Waals surface area contributed by atoms with Crippen molar-refractivity contribution in [2.24, 2.45) is 0 Å². The second-order valence-corrected chi connectivity index (χ2v) is 3.55. The summed E-state index contributed by atoms with van der Waals surface area (Å²) in [5.41, 5.74) is 2.76. The highest BCUT2D eigenvalue weighted by atomic mass is 16.5. The van der Waals surface area contributed by atoms with Crippen LogP contribution in [0, 0.1) is 6.92 Å². The summed E-state index contributed by atoms with van der Waals surface area (Å²) in [5.74, 6) is 0. The van der Waals surface area contributed by atoms with Crippen LogP contribution in [0.4, 0.5) is 0 Å². The highest BCUT2D eigenvalue weighted by Crippen LogP contribution is 2.10. The number of aromatic amines is 1. The molecule has 0 atom stereocenters. The van der Waals surface area contributed by atoms with Crippen LogP contribution >= 0.6 is 0 Å². The summed E-state index contributed by atoms with van der Waals surface area (Å²) >= 11 is 0. The number of hydrogen-bond donors (Lipinski definition) is 1. The lowest BCUT2D eigenvalue weighted by atomic mass is 10.2. The molecule has 1 saturated heterocycles. The van der Waals surface area contributed by atoms with Crippen LogP contribution in [-0.4, -0.2) is 36.2 Å². The highest BCUT2D eigenvalue weighted by Gasteiger charge is 2.11. The summed E-state index contributed by atoms with van der Waals surface area (Å²) in [6, 6.07) is 0. The SMILES string of the molecule is Cc1c[nH]cc1CN1CCOCC1. The molecule has 0 saturated carbocycles. The number of aryl methyl sites for hydroxylation is 1. The Morgan fingerprint density at radius 1 is 1.38 bits per heavy atom. The summed E-state index contributed by atoms with van der Waals surface area (Å²) in [4.78, 5) is 5.56. The smallest absolute Gasteiger partial charge is 0.0594 e. The van der Waals surface area contributed by atoms with Crippen LogP contribution in [0.25, 0.3) is 0 Å². The van der Waals surface area contributed by atoms with Gasteiger partial charge in [0.05, 0.1) is 13.2 Å². The summed E-state index contributed by atoms with van der Waals surface area (Å²) in [7, 11) is 0. The molecule has 3 nitrogen and oxygen atoms in total. The maximum absolute atomic E-state index is 5.30. The van der Waals surface area contributed by atoms with E-state index in [1.165, 1.54) is 11.1 Å². The molecule has 1 aromatic heterocycles. The standard InChI is InChI=1S/C10H16N2O/c1-9-6-11-7-10(9)8-12-2-4-13-5-3-12/h6-7,11H,2-5,8H2,1H3. The summed E-state index contributed by atoms with van der Waals surface area (Å²) < 4.78 is 5.30. The minimum Gasteiger partial charge on any atom is -0.379 e. The molecule has 13 heavy (non-hydrogen) atoms. The van der Waals surface area contributed by atoms with Crippen molar-refractivity contribution in [2.45, 2.75) is 13.5 Å². The van der Waals surface area contributed by atoms with Gasteiger partial charge in [-0.15, -0.1) is 0 Å². The van der Waals surface area contributed by atoms with Crippen molar-refractivity contribution in [3.05, 3.63) is 23.5 Å². The van der Waals surface area contributed by atoms with E-state index < -0.39 is 0 Å². The molecule has 0 unspecified atom stereocenters. The van der Waals surface area contributed by atoms with E-state index in [9.17, 15) is 0 Å². The van der Waals surface area contributed by atoms with Crippen LogP contribution in [0.2, 0.25) is 0 Å². The molecule has 2 rings (SSSR count). The van der Waals surface area contributed by atoms with E-state index in [0.29, 0.717) is 0 Å². The molecule has 1 N–H and O–H groups in total. The Labute approximate surface area is 78.7 Å². The number of nitrogens with zero attached hydrogens (tertiary/aromatic N) is 1. The largest absolute Gasteiger partial charge is 0.379 e. The average Bonchev–Trinajstić information content (AvgIpc) is 2.54. The minimum absolute atomic E-state index is 0.878. The number of nitrogens with one attached hydrogen (secondary N) is 1. The van der Waals surface area contributed by atoms with Crippen LogP contribution in [0.1, 0.15) is 11.1 Å². The molecule has 0 amide bonds. The monoisotopic (exact) mass is 180 g/mol. The van der Waals surface area contributed by atoms with E-state index >= 15 is 0 Å². The van der Waals surface area contributed by atoms with Crippen LogP contribution in [0.15, 0.2) is 12.4 Å². The molecule has 1 aromatic rings. The zero-order valence-electron chi connectivity index (χ0n) is 8.05. The minimum atomic E-state index is 0.878. The first kappa shape index (κ1) is 8.78. The first-order valence-electron chi connectivity index (χ1n) is 4.78. The van der Waals surface area contributed by atoms with Gasteiger partial charge in [0.25, 0.3) is 0 Å². The van der Waals surface area contributed by atoms with E-state index in [2.05, 4.69) is 29.2 Å². The van der Waals surface area contributed by atoms with Crippen molar-refractivity contribution < 1.29 is 4.74 Å². The summed E-state index contributed by atoms with van der Waals surface area (Å²) in [6.07, 6.45) is 4.14. The Bertz CT molecular complexity index is 264. The van der Waals surface area contributed by atoms with Gasteiger partial charge in [0, 0.05) is 32.0 Å². The molecule has 0 aliphatic carbocycles. The van der Waals surface area contributed by atoms with Crippen molar-refractivity contribution in [1.29, 1.82) is 0 Å². The molecule has 1 aliphatic heterocycles. The predicted octanol–water partition coefficient (Wildman–Crippen LogP) is 1.16. The van der Waals surface area contributed by atoms with Crippen LogP contribution in [-0.2, 0) is 11.3 Å². The third-order valence-electron chi connectivity index (χ3n) is 2.56. The Hall–Kier alpha value is -0.800. The highest BCUT2D eigenvalue weighted by molar-refractivity contribution is 5.21. The molecule has 0 radical (unpaired) electrons. The molecule has 1 aliphatic rings. The van der Waals surface area contributed by atoms with Gasteiger partial charge in [-0.3, -0.25) is 4.90 Å². The Morgan fingerprint density at radius 2 is 2.15 bits per heavy atom. The molecule has 2 heterocycles. The van der Waals surface area contributed by atoms with E-state index in [4.69, 9.17) is 4.74 Å². The van der Waals surface area contributed by atoms with Gasteiger partial charge in [0.2, 0.25) is 0 Å². The van der Waals surface area contributed by atoms with E-state index in [0.717, 1.165) is 32.8 Å². The fourth-order valence-corrected chi connectivity index (χ4v) is 1.64. The number of ether oxygens (including phenoxy) is 1. The summed E-state index contributed by atoms with van der Waals surface area (Å²) in [6.45, 7) is 7.08. The maximum Gasteiger partial charge on any atom is 0.0594 e. The molecular weight excluding hydrogens is 164 g/mol. The zero-order chi connectivity index (χ0) is 9.10. The van der Waals surface area contributed by atoms with Crippen molar-refractivity contribution in [1.82, 2.24) is 9.88 Å². The van der Waals surface area contributed by atoms with Gasteiger partial charge in [-0.2, -0.15) is 0 Å². The topological polar surface area (TPSA) is 28.3 Å². The van der Waals surface area contributed by atoms with Gasteiger partial charge >= 0.3 is 0 Å². The lowest BCUT2D eigenvalue weighted by molar-refractivity contribution is 0.0341. The van der Waals surface area contributed by atoms with Gasteiger partial charge < -0.3 is 9.72 Å². The molecule has 72 valence electrons. The number of aromatic nitrogens is 1. The van der Waals surface area contributed by atoms with Gasteiger partial charge in [-0.1, -0.05) is 0 Å². The first-order valence-corrected chi connectivity index (χ1v) is 4.78. The molecule has 3 heteroatoms. The van der Waals surface area contributed by atoms with Crippen LogP contribution < -0.4 is 0 Å². The van der Waals surface area contributed by atoms with E-state index in [1.807, 2.05) is 0 Å². The third-order valence-corrected chi connectivity index (χ3v) is 2.56. The number of hydrogen-bond acceptors (Lipinski definition) is 2. The molecule has 0 aromatic carbocycles. The first-order chi connectivity index (χ1) is 6.36. The van der Waals surface area contributed by atoms with Crippen molar-refractivity contribution in [2.75, 3.05) is 26.3 Å². The Morgan fingerprint density at radius 3 is 2.77 bits per heavy atom. The van der Waals surface area contributed by atoms with Crippen molar-refractivity contribution in [3.8, 4) is 0 Å². The fraction of sp³-hybridized carbons (Fsp3) is 0.600. The second kappa shape index (κ2) is 3.94. The van der Waals surface area contributed by atoms with Gasteiger partial charge in [0.1, 0.15) is 0 Å². The lowest BCUT2D eigenvalue weighted by Crippen LogP contribution is -2.35. The normalized spacial score (nSPS) is 19.2. The quantitative estimate of drug-likeness (QED) is 0.739. The molecule has 1 fully saturated rings. The van der Waals surface area contributed by atoms with E-state index in [1.54, 1.807) is 0 Å².